The molecule has 124 valence electrons. The molecule has 0 radical (unpaired) electrons. The Labute approximate surface area is 134 Å². The van der Waals surface area contributed by atoms with E-state index in [1.54, 1.807) is 0 Å². The maximum absolute atomic E-state index is 10.3. The van der Waals surface area contributed by atoms with E-state index < -0.39 is 0 Å². The normalized spacial score (nSPS) is 23.4. The first-order valence-electron chi connectivity index (χ1n) is 8.31. The van der Waals surface area contributed by atoms with Gasteiger partial charge in [0.15, 0.2) is 0 Å². The molecule has 0 aliphatic heterocycles. The zero-order chi connectivity index (χ0) is 15.9. The number of aliphatic hydroxyl groups is 2. The maximum atomic E-state index is 10.3. The van der Waals surface area contributed by atoms with Gasteiger partial charge in [-0.1, -0.05) is 36.8 Å². The Bertz CT molecular complexity index is 426. The zero-order valence-corrected chi connectivity index (χ0v) is 13.9. The van der Waals surface area contributed by atoms with E-state index in [1.807, 2.05) is 32.3 Å². The summed E-state index contributed by atoms with van der Waals surface area (Å²) in [6, 6.07) is 10.3. The van der Waals surface area contributed by atoms with Gasteiger partial charge in [0.2, 0.25) is 0 Å². The van der Waals surface area contributed by atoms with Crippen LogP contribution in [0.1, 0.15) is 24.8 Å². The lowest BCUT2D eigenvalue weighted by molar-refractivity contribution is 0.0658. The first-order valence-corrected chi connectivity index (χ1v) is 8.31. The Kier molecular flexibility index (Phi) is 6.83. The van der Waals surface area contributed by atoms with Crippen LogP contribution in [0.25, 0.3) is 0 Å². The van der Waals surface area contributed by atoms with Gasteiger partial charge in [-0.15, -0.1) is 0 Å². The standard InChI is InChI=1S/C18H30N2O2/c1-19(11-15-7-4-3-5-8-15)13-17(21)14-20(2)12-16-9-6-10-18(16)22/h3-5,7-8,16-18,21-22H,6,9-14H2,1-2H3. The summed E-state index contributed by atoms with van der Waals surface area (Å²) in [5.41, 5.74) is 1.26. The summed E-state index contributed by atoms with van der Waals surface area (Å²) >= 11 is 0. The van der Waals surface area contributed by atoms with Gasteiger partial charge in [0.1, 0.15) is 0 Å². The average Bonchev–Trinajstić information content (AvgIpc) is 2.84. The lowest BCUT2D eigenvalue weighted by Gasteiger charge is -2.27. The summed E-state index contributed by atoms with van der Waals surface area (Å²) < 4.78 is 0. The van der Waals surface area contributed by atoms with E-state index in [9.17, 15) is 10.2 Å². The van der Waals surface area contributed by atoms with Gasteiger partial charge in [-0.05, 0) is 38.4 Å². The summed E-state index contributed by atoms with van der Waals surface area (Å²) in [7, 11) is 4.07. The molecule has 4 nitrogen and oxygen atoms in total. The fourth-order valence-electron chi connectivity index (χ4n) is 3.44. The van der Waals surface area contributed by atoms with Crippen LogP contribution in [0.5, 0.6) is 0 Å². The number of benzene rings is 1. The molecule has 0 aromatic heterocycles. The van der Waals surface area contributed by atoms with Crippen LogP contribution in [-0.2, 0) is 6.54 Å². The predicted molar refractivity (Wildman–Crippen MR) is 89.6 cm³/mol. The first-order chi connectivity index (χ1) is 10.5. The van der Waals surface area contributed by atoms with Gasteiger partial charge < -0.3 is 15.1 Å². The minimum Gasteiger partial charge on any atom is -0.393 e. The topological polar surface area (TPSA) is 46.9 Å². The smallest absolute Gasteiger partial charge is 0.0793 e. The van der Waals surface area contributed by atoms with Crippen LogP contribution in [-0.4, -0.2) is 66.0 Å². The van der Waals surface area contributed by atoms with E-state index in [-0.39, 0.29) is 12.2 Å². The minimum atomic E-state index is -0.364. The van der Waals surface area contributed by atoms with Crippen molar-refractivity contribution in [3.05, 3.63) is 35.9 Å². The van der Waals surface area contributed by atoms with Gasteiger partial charge in [-0.3, -0.25) is 4.90 Å². The van der Waals surface area contributed by atoms with E-state index >= 15 is 0 Å². The minimum absolute atomic E-state index is 0.152. The molecule has 1 fully saturated rings. The highest BCUT2D eigenvalue weighted by Gasteiger charge is 2.26. The Morgan fingerprint density at radius 1 is 1.09 bits per heavy atom. The van der Waals surface area contributed by atoms with Gasteiger partial charge in [0.05, 0.1) is 12.2 Å². The Balaban J connectivity index is 1.69. The van der Waals surface area contributed by atoms with Crippen molar-refractivity contribution in [3.63, 3.8) is 0 Å². The highest BCUT2D eigenvalue weighted by Crippen LogP contribution is 2.25. The molecule has 3 unspecified atom stereocenters. The van der Waals surface area contributed by atoms with Crippen LogP contribution >= 0.6 is 0 Å². The van der Waals surface area contributed by atoms with E-state index in [4.69, 9.17) is 0 Å². The van der Waals surface area contributed by atoms with Crippen LogP contribution in [0.3, 0.4) is 0 Å². The van der Waals surface area contributed by atoms with Crippen molar-refractivity contribution in [3.8, 4) is 0 Å². The molecular weight excluding hydrogens is 276 g/mol. The van der Waals surface area contributed by atoms with Crippen LogP contribution in [0, 0.1) is 5.92 Å². The van der Waals surface area contributed by atoms with Gasteiger partial charge >= 0.3 is 0 Å². The number of hydrogen-bond donors (Lipinski definition) is 2. The number of likely N-dealkylation sites (N-methyl/N-ethyl adjacent to an activating group) is 2. The van der Waals surface area contributed by atoms with Gasteiger partial charge in [0, 0.05) is 26.2 Å². The zero-order valence-electron chi connectivity index (χ0n) is 13.9. The fraction of sp³-hybridized carbons (Fsp3) is 0.667. The number of aliphatic hydroxyl groups excluding tert-OH is 2. The molecule has 2 N–H and O–H groups in total. The molecule has 1 aliphatic carbocycles. The van der Waals surface area contributed by atoms with Gasteiger partial charge in [0.25, 0.3) is 0 Å². The summed E-state index contributed by atoms with van der Waals surface area (Å²) in [4.78, 5) is 4.30. The lowest BCUT2D eigenvalue weighted by Crippen LogP contribution is -2.39. The second kappa shape index (κ2) is 8.63. The van der Waals surface area contributed by atoms with E-state index in [0.717, 1.165) is 32.4 Å². The SMILES string of the molecule is CN(Cc1ccccc1)CC(O)CN(C)CC1CCCC1O. The molecule has 2 rings (SSSR count). The molecular formula is C18H30N2O2. The third-order valence-corrected chi connectivity index (χ3v) is 4.51. The van der Waals surface area contributed by atoms with Crippen molar-refractivity contribution in [1.29, 1.82) is 0 Å². The molecule has 0 bridgehead atoms. The van der Waals surface area contributed by atoms with Crippen molar-refractivity contribution in [1.82, 2.24) is 9.80 Å². The Hall–Kier alpha value is -0.940. The second-order valence-electron chi connectivity index (χ2n) is 6.82. The van der Waals surface area contributed by atoms with Crippen molar-refractivity contribution in [2.45, 2.75) is 38.0 Å². The fourth-order valence-corrected chi connectivity index (χ4v) is 3.44. The highest BCUT2D eigenvalue weighted by molar-refractivity contribution is 5.14. The molecule has 0 heterocycles. The molecule has 0 saturated heterocycles. The van der Waals surface area contributed by atoms with Crippen molar-refractivity contribution in [2.24, 2.45) is 5.92 Å². The van der Waals surface area contributed by atoms with Crippen molar-refractivity contribution >= 4 is 0 Å². The van der Waals surface area contributed by atoms with Gasteiger partial charge in [-0.25, -0.2) is 0 Å². The van der Waals surface area contributed by atoms with Crippen LogP contribution in [0.2, 0.25) is 0 Å². The van der Waals surface area contributed by atoms with Crippen LogP contribution in [0.15, 0.2) is 30.3 Å². The first kappa shape index (κ1) is 17.4. The summed E-state index contributed by atoms with van der Waals surface area (Å²) in [6.07, 6.45) is 2.65. The molecule has 1 aromatic carbocycles. The monoisotopic (exact) mass is 306 g/mol. The second-order valence-corrected chi connectivity index (χ2v) is 6.82. The Morgan fingerprint density at radius 2 is 1.77 bits per heavy atom. The molecule has 22 heavy (non-hydrogen) atoms. The lowest BCUT2D eigenvalue weighted by atomic mass is 10.1. The highest BCUT2D eigenvalue weighted by atomic mass is 16.3. The number of nitrogens with zero attached hydrogens (tertiary/aromatic N) is 2. The number of rotatable bonds is 8. The molecule has 0 amide bonds. The van der Waals surface area contributed by atoms with E-state index in [0.29, 0.717) is 19.0 Å². The molecule has 1 aliphatic rings. The summed E-state index contributed by atoms with van der Waals surface area (Å²) in [5.74, 6) is 0.374. The van der Waals surface area contributed by atoms with Crippen LogP contribution in [0.4, 0.5) is 0 Å². The predicted octanol–water partition coefficient (Wildman–Crippen LogP) is 1.57. The molecule has 0 spiro atoms. The maximum Gasteiger partial charge on any atom is 0.0793 e. The Morgan fingerprint density at radius 3 is 2.41 bits per heavy atom. The van der Waals surface area contributed by atoms with Crippen LogP contribution < -0.4 is 0 Å². The third kappa shape index (κ3) is 5.69. The summed E-state index contributed by atoms with van der Waals surface area (Å²) in [6.45, 7) is 3.04. The average molecular weight is 306 g/mol. The molecule has 4 heteroatoms. The molecule has 1 saturated carbocycles. The molecule has 1 aromatic rings. The van der Waals surface area contributed by atoms with Crippen molar-refractivity contribution < 1.29 is 10.2 Å². The quantitative estimate of drug-likeness (QED) is 0.765. The number of hydrogen-bond acceptors (Lipinski definition) is 4. The largest absolute Gasteiger partial charge is 0.393 e. The summed E-state index contributed by atoms with van der Waals surface area (Å²) in [5, 5.41) is 20.1. The molecule has 3 atom stereocenters. The van der Waals surface area contributed by atoms with E-state index in [1.165, 1.54) is 5.56 Å². The van der Waals surface area contributed by atoms with Crippen molar-refractivity contribution in [2.75, 3.05) is 33.7 Å². The third-order valence-electron chi connectivity index (χ3n) is 4.51. The van der Waals surface area contributed by atoms with E-state index in [2.05, 4.69) is 21.9 Å². The van der Waals surface area contributed by atoms with Gasteiger partial charge in [-0.2, -0.15) is 0 Å².